The van der Waals surface area contributed by atoms with Gasteiger partial charge in [0, 0.05) is 25.1 Å². The summed E-state index contributed by atoms with van der Waals surface area (Å²) in [6.07, 6.45) is 0. The molecule has 0 unspecified atom stereocenters. The fourth-order valence-electron chi connectivity index (χ4n) is 1.70. The molecule has 0 aliphatic rings. The van der Waals surface area contributed by atoms with Gasteiger partial charge in [0.05, 0.1) is 4.92 Å². The standard InChI is InChI=1S/C13H11N3O4/c1-9-5-4-8-12(15(9)18)13(17)14-10-6-2-3-7-11(10)16(19)20/h2-8H,1H3,(H,14,17). The highest BCUT2D eigenvalue weighted by atomic mass is 16.6. The zero-order chi connectivity index (χ0) is 14.7. The molecule has 0 saturated heterocycles. The molecule has 0 atom stereocenters. The Kier molecular flexibility index (Phi) is 3.60. The number of amides is 1. The molecule has 7 nitrogen and oxygen atoms in total. The van der Waals surface area contributed by atoms with E-state index in [1.807, 2.05) is 0 Å². The van der Waals surface area contributed by atoms with E-state index in [0.29, 0.717) is 10.4 Å². The van der Waals surface area contributed by atoms with Crippen molar-refractivity contribution in [3.05, 3.63) is 69.2 Å². The van der Waals surface area contributed by atoms with Crippen LogP contribution in [0.4, 0.5) is 11.4 Å². The van der Waals surface area contributed by atoms with Crippen LogP contribution < -0.4 is 10.0 Å². The second-order valence-electron chi connectivity index (χ2n) is 4.08. The number of benzene rings is 1. The summed E-state index contributed by atoms with van der Waals surface area (Å²) >= 11 is 0. The number of aromatic nitrogens is 1. The Bertz CT molecular complexity index is 685. The molecule has 0 bridgehead atoms. The van der Waals surface area contributed by atoms with Crippen LogP contribution in [0.15, 0.2) is 42.5 Å². The van der Waals surface area contributed by atoms with Gasteiger partial charge in [-0.1, -0.05) is 12.1 Å². The van der Waals surface area contributed by atoms with Crippen molar-refractivity contribution in [2.24, 2.45) is 0 Å². The van der Waals surface area contributed by atoms with Crippen molar-refractivity contribution in [3.8, 4) is 0 Å². The third kappa shape index (κ3) is 2.56. The molecule has 7 heteroatoms. The number of carbonyl (C=O) groups is 1. The Morgan fingerprint density at radius 3 is 2.60 bits per heavy atom. The van der Waals surface area contributed by atoms with Crippen molar-refractivity contribution in [1.29, 1.82) is 0 Å². The number of nitro benzene ring substituents is 1. The number of pyridine rings is 1. The number of hydrogen-bond acceptors (Lipinski definition) is 4. The molecule has 2 rings (SSSR count). The van der Waals surface area contributed by atoms with Gasteiger partial charge in [-0.15, -0.1) is 0 Å². The number of para-hydroxylation sites is 2. The number of rotatable bonds is 3. The molecule has 20 heavy (non-hydrogen) atoms. The van der Waals surface area contributed by atoms with Crippen LogP contribution in [-0.2, 0) is 0 Å². The minimum atomic E-state index is -0.696. The molecule has 0 fully saturated rings. The maximum atomic E-state index is 12.0. The van der Waals surface area contributed by atoms with E-state index in [1.54, 1.807) is 25.1 Å². The van der Waals surface area contributed by atoms with Crippen molar-refractivity contribution in [2.45, 2.75) is 6.92 Å². The zero-order valence-corrected chi connectivity index (χ0v) is 10.6. The molecule has 2 aromatic rings. The summed E-state index contributed by atoms with van der Waals surface area (Å²) in [6, 6.07) is 10.2. The summed E-state index contributed by atoms with van der Waals surface area (Å²) in [6.45, 7) is 1.56. The van der Waals surface area contributed by atoms with Crippen LogP contribution in [0.1, 0.15) is 16.2 Å². The van der Waals surface area contributed by atoms with Gasteiger partial charge in [0.25, 0.3) is 11.4 Å². The maximum absolute atomic E-state index is 12.0. The van der Waals surface area contributed by atoms with Gasteiger partial charge in [-0.3, -0.25) is 14.9 Å². The van der Waals surface area contributed by atoms with Gasteiger partial charge >= 0.3 is 5.91 Å². The molecular formula is C13H11N3O4. The molecular weight excluding hydrogens is 262 g/mol. The van der Waals surface area contributed by atoms with E-state index in [1.165, 1.54) is 24.3 Å². The van der Waals surface area contributed by atoms with Gasteiger partial charge in [0.15, 0.2) is 5.69 Å². The van der Waals surface area contributed by atoms with Crippen LogP contribution in [0.5, 0.6) is 0 Å². The number of nitrogens with one attached hydrogen (secondary N) is 1. The second kappa shape index (κ2) is 5.35. The van der Waals surface area contributed by atoms with Crippen molar-refractivity contribution < 1.29 is 14.4 Å². The Morgan fingerprint density at radius 2 is 1.90 bits per heavy atom. The molecule has 0 spiro atoms. The fraction of sp³-hybridized carbons (Fsp3) is 0.0769. The number of anilines is 1. The summed E-state index contributed by atoms with van der Waals surface area (Å²) in [5, 5.41) is 25.0. The SMILES string of the molecule is Cc1cccc(C(=O)Nc2ccccc2[N+](=O)[O-])[n+]1[O-]. The van der Waals surface area contributed by atoms with Crippen LogP contribution in [0.25, 0.3) is 0 Å². The molecule has 0 aliphatic carbocycles. The lowest BCUT2D eigenvalue weighted by molar-refractivity contribution is -0.614. The molecule has 1 amide bonds. The number of hydrogen-bond donors (Lipinski definition) is 1. The molecule has 102 valence electrons. The fourth-order valence-corrected chi connectivity index (χ4v) is 1.70. The zero-order valence-electron chi connectivity index (χ0n) is 10.6. The number of nitrogens with zero attached hydrogens (tertiary/aromatic N) is 2. The summed E-state index contributed by atoms with van der Waals surface area (Å²) in [5.74, 6) is -0.696. The van der Waals surface area contributed by atoms with Gasteiger partial charge in [0.1, 0.15) is 5.69 Å². The smallest absolute Gasteiger partial charge is 0.321 e. The number of carbonyl (C=O) groups excluding carboxylic acids is 1. The van der Waals surface area contributed by atoms with Crippen molar-refractivity contribution in [3.63, 3.8) is 0 Å². The van der Waals surface area contributed by atoms with Crippen LogP contribution in [0.3, 0.4) is 0 Å². The van der Waals surface area contributed by atoms with E-state index in [9.17, 15) is 20.1 Å². The first-order chi connectivity index (χ1) is 9.50. The van der Waals surface area contributed by atoms with Gasteiger partial charge in [0.2, 0.25) is 0 Å². The molecule has 1 aromatic carbocycles. The van der Waals surface area contributed by atoms with Crippen molar-refractivity contribution in [1.82, 2.24) is 0 Å². The highest BCUT2D eigenvalue weighted by molar-refractivity contribution is 6.03. The van der Waals surface area contributed by atoms with E-state index < -0.39 is 10.8 Å². The van der Waals surface area contributed by atoms with Gasteiger partial charge in [-0.25, -0.2) is 0 Å². The predicted octanol–water partition coefficient (Wildman–Crippen LogP) is 1.79. The molecule has 1 heterocycles. The van der Waals surface area contributed by atoms with Crippen LogP contribution in [0.2, 0.25) is 0 Å². The van der Waals surface area contributed by atoms with Crippen LogP contribution in [-0.4, -0.2) is 10.8 Å². The lowest BCUT2D eigenvalue weighted by Crippen LogP contribution is -2.39. The van der Waals surface area contributed by atoms with E-state index in [2.05, 4.69) is 5.32 Å². The quantitative estimate of drug-likeness (QED) is 0.399. The van der Waals surface area contributed by atoms with E-state index >= 15 is 0 Å². The predicted molar refractivity (Wildman–Crippen MR) is 71.2 cm³/mol. The highest BCUT2D eigenvalue weighted by Crippen LogP contribution is 2.23. The van der Waals surface area contributed by atoms with E-state index in [0.717, 1.165) is 0 Å². The summed E-state index contributed by atoms with van der Waals surface area (Å²) < 4.78 is 0.476. The Balaban J connectivity index is 2.33. The summed E-state index contributed by atoms with van der Waals surface area (Å²) in [7, 11) is 0. The monoisotopic (exact) mass is 273 g/mol. The van der Waals surface area contributed by atoms with Crippen molar-refractivity contribution in [2.75, 3.05) is 5.32 Å². The topological polar surface area (TPSA) is 99.2 Å². The lowest BCUT2D eigenvalue weighted by atomic mass is 10.2. The summed E-state index contributed by atoms with van der Waals surface area (Å²) in [4.78, 5) is 22.3. The second-order valence-corrected chi connectivity index (χ2v) is 4.08. The third-order valence-electron chi connectivity index (χ3n) is 2.71. The average Bonchev–Trinajstić information content (AvgIpc) is 2.42. The Hall–Kier alpha value is -2.96. The molecule has 0 radical (unpaired) electrons. The molecule has 0 aliphatic heterocycles. The highest BCUT2D eigenvalue weighted by Gasteiger charge is 2.21. The van der Waals surface area contributed by atoms with Gasteiger partial charge < -0.3 is 10.5 Å². The maximum Gasteiger partial charge on any atom is 0.321 e. The van der Waals surface area contributed by atoms with E-state index in [4.69, 9.17) is 0 Å². The van der Waals surface area contributed by atoms with Crippen LogP contribution in [0, 0.1) is 22.2 Å². The normalized spacial score (nSPS) is 10.1. The lowest BCUT2D eigenvalue weighted by Gasteiger charge is -2.07. The van der Waals surface area contributed by atoms with Gasteiger partial charge in [-0.2, -0.15) is 4.73 Å². The largest absolute Gasteiger partial charge is 0.618 e. The van der Waals surface area contributed by atoms with Crippen LogP contribution >= 0.6 is 0 Å². The molecule has 1 N–H and O–H groups in total. The number of aryl methyl sites for hydroxylation is 1. The summed E-state index contributed by atoms with van der Waals surface area (Å²) in [5.41, 5.74) is 0.0540. The van der Waals surface area contributed by atoms with E-state index in [-0.39, 0.29) is 17.1 Å². The Morgan fingerprint density at radius 1 is 1.20 bits per heavy atom. The average molecular weight is 273 g/mol. The minimum absolute atomic E-state index is 0.0454. The first kappa shape index (κ1) is 13.5. The van der Waals surface area contributed by atoms with Gasteiger partial charge in [-0.05, 0) is 12.1 Å². The first-order valence-electron chi connectivity index (χ1n) is 5.74. The third-order valence-corrected chi connectivity index (χ3v) is 2.71. The minimum Gasteiger partial charge on any atom is -0.618 e. The van der Waals surface area contributed by atoms with Crippen molar-refractivity contribution >= 4 is 17.3 Å². The number of nitro groups is 1. The Labute approximate surface area is 114 Å². The molecule has 0 saturated carbocycles. The first-order valence-corrected chi connectivity index (χ1v) is 5.74. The molecule has 1 aromatic heterocycles.